The molecule has 0 amide bonds. The molecule has 0 saturated carbocycles. The van der Waals surface area contributed by atoms with Crippen molar-refractivity contribution in [2.24, 2.45) is 0 Å². The Balaban J connectivity index is 1.82. The van der Waals surface area contributed by atoms with Gasteiger partial charge in [-0.2, -0.15) is 0 Å². The monoisotopic (exact) mass is 405 g/mol. The first kappa shape index (κ1) is 20.4. The third-order valence-corrected chi connectivity index (χ3v) is 5.15. The number of rotatable bonds is 8. The fourth-order valence-electron chi connectivity index (χ4n) is 3.06. The zero-order chi connectivity index (χ0) is 20.1. The molecule has 0 aliphatic carbocycles. The predicted octanol–water partition coefficient (Wildman–Crippen LogP) is 0.878. The molecule has 1 aromatic heterocycles. The number of nitrogens with zero attached hydrogens (tertiary/aromatic N) is 1. The second-order valence-corrected chi connectivity index (χ2v) is 7.77. The number of aromatic amines is 1. The smallest absolute Gasteiger partial charge is 0.253 e. The Morgan fingerprint density at radius 1 is 1.29 bits per heavy atom. The van der Waals surface area contributed by atoms with Gasteiger partial charge in [-0.1, -0.05) is 13.3 Å². The number of hydrogen-bond donors (Lipinski definition) is 3. The highest BCUT2D eigenvalue weighted by molar-refractivity contribution is 7.80. The first-order valence-corrected chi connectivity index (χ1v) is 10.2. The summed E-state index contributed by atoms with van der Waals surface area (Å²) in [6.07, 6.45) is 2.18. The third kappa shape index (κ3) is 4.94. The number of ether oxygens (including phenoxy) is 2. The molecule has 1 aliphatic heterocycles. The number of benzene rings is 1. The lowest BCUT2D eigenvalue weighted by Gasteiger charge is -2.26. The third-order valence-electron chi connectivity index (χ3n) is 4.75. The SMILES string of the molecule is CCCCNC(=S)N(CC[NH+](C)C)Cc1cc2cc3c(cc2[nH]c1=O)OCO3. The van der Waals surface area contributed by atoms with Gasteiger partial charge in [-0.15, -0.1) is 0 Å². The molecule has 2 aromatic rings. The van der Waals surface area contributed by atoms with E-state index in [9.17, 15) is 4.79 Å². The van der Waals surface area contributed by atoms with E-state index in [0.29, 0.717) is 28.7 Å². The van der Waals surface area contributed by atoms with Crippen molar-refractivity contribution in [3.05, 3.63) is 34.1 Å². The molecule has 0 fully saturated rings. The van der Waals surface area contributed by atoms with E-state index >= 15 is 0 Å². The van der Waals surface area contributed by atoms with E-state index in [1.165, 1.54) is 4.90 Å². The van der Waals surface area contributed by atoms with Crippen molar-refractivity contribution >= 4 is 28.2 Å². The number of fused-ring (bicyclic) bond motifs is 2. The van der Waals surface area contributed by atoms with Crippen LogP contribution in [0.3, 0.4) is 0 Å². The second kappa shape index (κ2) is 9.25. The van der Waals surface area contributed by atoms with Crippen molar-refractivity contribution < 1.29 is 14.4 Å². The lowest BCUT2D eigenvalue weighted by atomic mass is 10.1. The highest BCUT2D eigenvalue weighted by Gasteiger charge is 2.17. The van der Waals surface area contributed by atoms with Gasteiger partial charge < -0.3 is 29.6 Å². The molecule has 1 aromatic carbocycles. The van der Waals surface area contributed by atoms with E-state index in [1.807, 2.05) is 18.2 Å². The van der Waals surface area contributed by atoms with Gasteiger partial charge in [-0.3, -0.25) is 4.79 Å². The first-order valence-electron chi connectivity index (χ1n) is 9.75. The van der Waals surface area contributed by atoms with Crippen molar-refractivity contribution in [3.63, 3.8) is 0 Å². The van der Waals surface area contributed by atoms with Crippen molar-refractivity contribution in [3.8, 4) is 11.5 Å². The number of thiocarbonyl (C=S) groups is 1. The summed E-state index contributed by atoms with van der Waals surface area (Å²) < 4.78 is 10.9. The van der Waals surface area contributed by atoms with Crippen molar-refractivity contribution in [1.29, 1.82) is 0 Å². The zero-order valence-corrected chi connectivity index (χ0v) is 17.6. The van der Waals surface area contributed by atoms with Crippen LogP contribution in [0, 0.1) is 0 Å². The topological polar surface area (TPSA) is 71.0 Å². The number of quaternary nitrogens is 1. The quantitative estimate of drug-likeness (QED) is 0.447. The Kier molecular flexibility index (Phi) is 6.74. The summed E-state index contributed by atoms with van der Waals surface area (Å²) in [5.74, 6) is 1.36. The van der Waals surface area contributed by atoms with Gasteiger partial charge in [-0.05, 0) is 30.8 Å². The van der Waals surface area contributed by atoms with E-state index in [2.05, 4.69) is 36.2 Å². The van der Waals surface area contributed by atoms with Crippen LogP contribution in [0.15, 0.2) is 23.0 Å². The molecule has 0 spiro atoms. The van der Waals surface area contributed by atoms with Crippen LogP contribution < -0.4 is 25.2 Å². The van der Waals surface area contributed by atoms with E-state index in [4.69, 9.17) is 21.7 Å². The van der Waals surface area contributed by atoms with Gasteiger partial charge in [0.2, 0.25) is 6.79 Å². The van der Waals surface area contributed by atoms with E-state index < -0.39 is 0 Å². The van der Waals surface area contributed by atoms with E-state index in [0.717, 1.165) is 43.4 Å². The minimum Gasteiger partial charge on any atom is -0.454 e. The minimum absolute atomic E-state index is 0.107. The minimum atomic E-state index is -0.107. The van der Waals surface area contributed by atoms with Gasteiger partial charge in [0.15, 0.2) is 16.6 Å². The number of nitrogens with one attached hydrogen (secondary N) is 3. The summed E-state index contributed by atoms with van der Waals surface area (Å²) >= 11 is 5.60. The molecule has 8 heteroatoms. The van der Waals surface area contributed by atoms with Gasteiger partial charge in [0.1, 0.15) is 0 Å². The number of likely N-dealkylation sites (N-methyl/N-ethyl adjacent to an activating group) is 1. The van der Waals surface area contributed by atoms with Gasteiger partial charge in [0.25, 0.3) is 5.56 Å². The maximum absolute atomic E-state index is 12.7. The van der Waals surface area contributed by atoms with Gasteiger partial charge >= 0.3 is 0 Å². The fraction of sp³-hybridized carbons (Fsp3) is 0.500. The predicted molar refractivity (Wildman–Crippen MR) is 114 cm³/mol. The summed E-state index contributed by atoms with van der Waals surface area (Å²) in [5.41, 5.74) is 1.32. The normalized spacial score (nSPS) is 12.6. The molecule has 7 nitrogen and oxygen atoms in total. The van der Waals surface area contributed by atoms with Crippen LogP contribution in [0.5, 0.6) is 11.5 Å². The van der Waals surface area contributed by atoms with Gasteiger partial charge in [-0.25, -0.2) is 0 Å². The molecule has 28 heavy (non-hydrogen) atoms. The van der Waals surface area contributed by atoms with Crippen LogP contribution >= 0.6 is 12.2 Å². The summed E-state index contributed by atoms with van der Waals surface area (Å²) in [5, 5.41) is 4.93. The maximum atomic E-state index is 12.7. The molecular weight excluding hydrogens is 376 g/mol. The second-order valence-electron chi connectivity index (χ2n) is 7.38. The lowest BCUT2D eigenvalue weighted by molar-refractivity contribution is -0.857. The average Bonchev–Trinajstić information content (AvgIpc) is 3.10. The van der Waals surface area contributed by atoms with Crippen molar-refractivity contribution in [2.75, 3.05) is 40.5 Å². The van der Waals surface area contributed by atoms with Gasteiger partial charge in [0, 0.05) is 23.6 Å². The number of pyridine rings is 1. The molecule has 0 radical (unpaired) electrons. The number of hydrogen-bond acceptors (Lipinski definition) is 4. The summed E-state index contributed by atoms with van der Waals surface area (Å²) in [6, 6.07) is 5.64. The Labute approximate surface area is 170 Å². The highest BCUT2D eigenvalue weighted by Crippen LogP contribution is 2.35. The first-order chi connectivity index (χ1) is 13.5. The molecule has 2 heterocycles. The fourth-order valence-corrected chi connectivity index (χ4v) is 3.32. The summed E-state index contributed by atoms with van der Waals surface area (Å²) in [6.45, 7) is 5.38. The maximum Gasteiger partial charge on any atom is 0.253 e. The highest BCUT2D eigenvalue weighted by atomic mass is 32.1. The Morgan fingerprint density at radius 2 is 2.04 bits per heavy atom. The Hall–Kier alpha value is -2.32. The molecular formula is C20H29N4O3S+. The lowest BCUT2D eigenvalue weighted by Crippen LogP contribution is -3.06. The molecule has 1 aliphatic rings. The molecule has 0 saturated heterocycles. The Morgan fingerprint density at radius 3 is 2.75 bits per heavy atom. The largest absolute Gasteiger partial charge is 0.454 e. The molecule has 152 valence electrons. The summed E-state index contributed by atoms with van der Waals surface area (Å²) in [4.78, 5) is 19.0. The number of aromatic nitrogens is 1. The molecule has 3 rings (SSSR count). The van der Waals surface area contributed by atoms with Crippen LogP contribution in [0.2, 0.25) is 0 Å². The molecule has 0 unspecified atom stereocenters. The number of unbranched alkanes of at least 4 members (excludes halogenated alkanes) is 1. The van der Waals surface area contributed by atoms with Crippen molar-refractivity contribution in [1.82, 2.24) is 15.2 Å². The summed E-state index contributed by atoms with van der Waals surface area (Å²) in [7, 11) is 4.22. The molecule has 0 bridgehead atoms. The van der Waals surface area contributed by atoms with Crippen LogP contribution in [-0.2, 0) is 6.54 Å². The zero-order valence-electron chi connectivity index (χ0n) is 16.8. The van der Waals surface area contributed by atoms with Crippen LogP contribution in [-0.4, -0.2) is 55.5 Å². The van der Waals surface area contributed by atoms with Crippen LogP contribution in [0.25, 0.3) is 10.9 Å². The van der Waals surface area contributed by atoms with Crippen LogP contribution in [0.4, 0.5) is 0 Å². The van der Waals surface area contributed by atoms with Crippen molar-refractivity contribution in [2.45, 2.75) is 26.3 Å². The number of H-pyrrole nitrogens is 1. The van der Waals surface area contributed by atoms with E-state index in [-0.39, 0.29) is 12.4 Å². The van der Waals surface area contributed by atoms with E-state index in [1.54, 1.807) is 0 Å². The van der Waals surface area contributed by atoms with Gasteiger partial charge in [0.05, 0.1) is 39.2 Å². The average molecular weight is 406 g/mol. The Bertz CT molecular complexity index is 897. The van der Waals surface area contributed by atoms with Crippen LogP contribution in [0.1, 0.15) is 25.3 Å². The molecule has 3 N–H and O–H groups in total. The molecule has 0 atom stereocenters. The standard InChI is InChI=1S/C20H28N4O3S/c1-4-5-6-21-20(28)24(8-7-23(2)3)12-15-9-14-10-17-18(27-13-26-17)11-16(14)22-19(15)25/h9-11H,4-8,12-13H2,1-3H3,(H,21,28)(H,22,25)/p+1.